The number of halogens is 1. The molecule has 0 aliphatic carbocycles. The fourth-order valence-corrected chi connectivity index (χ4v) is 2.32. The number of carbonyl (C=O) groups is 1. The van der Waals surface area contributed by atoms with Crippen molar-refractivity contribution in [2.75, 3.05) is 0 Å². The maximum atomic E-state index is 13.6. The highest BCUT2D eigenvalue weighted by Crippen LogP contribution is 2.15. The van der Waals surface area contributed by atoms with Crippen LogP contribution in [0.25, 0.3) is 0 Å². The molecule has 0 saturated carbocycles. The van der Waals surface area contributed by atoms with Gasteiger partial charge in [0.1, 0.15) is 37.1 Å². The Morgan fingerprint density at radius 1 is 1.28 bits per heavy atom. The minimum atomic E-state index is -0.594. The molecule has 1 heterocycles. The van der Waals surface area contributed by atoms with E-state index in [9.17, 15) is 19.3 Å². The molecule has 0 saturated heterocycles. The van der Waals surface area contributed by atoms with Crippen LogP contribution < -0.4 is 10.2 Å². The predicted octanol–water partition coefficient (Wildman–Crippen LogP) is 2.66. The van der Waals surface area contributed by atoms with Crippen LogP contribution in [0.2, 0.25) is 0 Å². The zero-order chi connectivity index (χ0) is 20.6. The van der Waals surface area contributed by atoms with Crippen LogP contribution in [0.3, 0.4) is 0 Å². The van der Waals surface area contributed by atoms with Crippen molar-refractivity contribution in [3.63, 3.8) is 0 Å². The van der Waals surface area contributed by atoms with Crippen molar-refractivity contribution >= 4 is 17.8 Å². The molecular formula is C19H16FN5O4. The molecule has 3 rings (SSSR count). The molecule has 9 nitrogen and oxygen atoms in total. The van der Waals surface area contributed by atoms with Gasteiger partial charge in [-0.1, -0.05) is 18.2 Å². The number of nitrogens with zero attached hydrogens (tertiary/aromatic N) is 4. The van der Waals surface area contributed by atoms with Gasteiger partial charge in [-0.2, -0.15) is 10.2 Å². The average Bonchev–Trinajstić information content (AvgIpc) is 3.17. The molecule has 3 aromatic rings. The van der Waals surface area contributed by atoms with Crippen molar-refractivity contribution in [2.24, 2.45) is 5.10 Å². The van der Waals surface area contributed by atoms with Crippen LogP contribution in [0, 0.1) is 15.9 Å². The van der Waals surface area contributed by atoms with Gasteiger partial charge in [-0.05, 0) is 35.9 Å². The van der Waals surface area contributed by atoms with Crippen LogP contribution >= 0.6 is 0 Å². The van der Waals surface area contributed by atoms with Gasteiger partial charge in [0, 0.05) is 5.56 Å². The molecule has 0 radical (unpaired) electrons. The zero-order valence-electron chi connectivity index (χ0n) is 15.1. The van der Waals surface area contributed by atoms with Gasteiger partial charge in [-0.3, -0.25) is 19.6 Å². The van der Waals surface area contributed by atoms with Gasteiger partial charge in [-0.25, -0.2) is 9.82 Å². The lowest BCUT2D eigenvalue weighted by atomic mass is 10.2. The summed E-state index contributed by atoms with van der Waals surface area (Å²) in [5.74, 6) is -0.240. The van der Waals surface area contributed by atoms with Gasteiger partial charge in [0.25, 0.3) is 5.91 Å². The highest BCUT2D eigenvalue weighted by Gasteiger charge is 2.10. The SMILES string of the molecule is O=C(Cn1cc([N+](=O)[O-])cn1)N/N=C/c1ccc(OCc2ccccc2F)cc1. The number of carbonyl (C=O) groups excluding carboxylic acids is 1. The summed E-state index contributed by atoms with van der Waals surface area (Å²) in [6, 6.07) is 13.2. The first-order valence-corrected chi connectivity index (χ1v) is 8.46. The van der Waals surface area contributed by atoms with E-state index in [1.807, 2.05) is 0 Å². The molecule has 0 aliphatic heterocycles. The molecule has 1 N–H and O–H groups in total. The standard InChI is InChI=1S/C19H16FN5O4/c20-18-4-2-1-3-15(18)13-29-17-7-5-14(6-8-17)9-21-23-19(26)12-24-11-16(10-22-24)25(27)28/h1-11H,12-13H2,(H,23,26)/b21-9+. The van der Waals surface area contributed by atoms with Crippen molar-refractivity contribution in [1.82, 2.24) is 15.2 Å². The number of nitrogens with one attached hydrogen (secondary N) is 1. The van der Waals surface area contributed by atoms with E-state index in [1.165, 1.54) is 12.3 Å². The number of hydrazone groups is 1. The Morgan fingerprint density at radius 2 is 2.03 bits per heavy atom. The number of rotatable bonds is 8. The van der Waals surface area contributed by atoms with E-state index in [-0.39, 0.29) is 24.7 Å². The lowest BCUT2D eigenvalue weighted by Crippen LogP contribution is -2.23. The molecule has 0 atom stereocenters. The Balaban J connectivity index is 1.47. The highest BCUT2D eigenvalue weighted by molar-refractivity contribution is 5.82. The van der Waals surface area contributed by atoms with E-state index in [0.29, 0.717) is 16.9 Å². The van der Waals surface area contributed by atoms with Crippen molar-refractivity contribution in [1.29, 1.82) is 0 Å². The smallest absolute Gasteiger partial charge is 0.307 e. The largest absolute Gasteiger partial charge is 0.489 e. The summed E-state index contributed by atoms with van der Waals surface area (Å²) in [5, 5.41) is 18.1. The third kappa shape index (κ3) is 5.70. The molecule has 0 fully saturated rings. The summed E-state index contributed by atoms with van der Waals surface area (Å²) in [6.07, 6.45) is 3.65. The molecule has 10 heteroatoms. The number of amides is 1. The minimum absolute atomic E-state index is 0.113. The van der Waals surface area contributed by atoms with Gasteiger partial charge < -0.3 is 4.74 Å². The van der Waals surface area contributed by atoms with E-state index < -0.39 is 10.8 Å². The summed E-state index contributed by atoms with van der Waals surface area (Å²) in [4.78, 5) is 21.8. The van der Waals surface area contributed by atoms with Crippen LogP contribution in [-0.2, 0) is 17.9 Å². The lowest BCUT2D eigenvalue weighted by Gasteiger charge is -2.07. The number of benzene rings is 2. The quantitative estimate of drug-likeness (QED) is 0.357. The topological polar surface area (TPSA) is 112 Å². The van der Waals surface area contributed by atoms with E-state index in [2.05, 4.69) is 15.6 Å². The van der Waals surface area contributed by atoms with E-state index in [4.69, 9.17) is 4.74 Å². The second-order valence-corrected chi connectivity index (χ2v) is 5.90. The second kappa shape index (κ2) is 9.22. The molecule has 1 amide bonds. The maximum Gasteiger partial charge on any atom is 0.307 e. The third-order valence-electron chi connectivity index (χ3n) is 3.77. The normalized spacial score (nSPS) is 10.8. The summed E-state index contributed by atoms with van der Waals surface area (Å²) in [6.45, 7) is -0.0875. The van der Waals surface area contributed by atoms with Crippen molar-refractivity contribution in [3.05, 3.63) is 88.0 Å². The van der Waals surface area contributed by atoms with Crippen LogP contribution in [-0.4, -0.2) is 26.8 Å². The summed E-state index contributed by atoms with van der Waals surface area (Å²) < 4.78 is 20.3. The fraction of sp³-hybridized carbons (Fsp3) is 0.105. The first kappa shape index (κ1) is 19.7. The van der Waals surface area contributed by atoms with Gasteiger partial charge in [0.2, 0.25) is 0 Å². The van der Waals surface area contributed by atoms with Crippen LogP contribution in [0.5, 0.6) is 5.75 Å². The number of ether oxygens (including phenoxy) is 1. The molecule has 0 aliphatic rings. The van der Waals surface area contributed by atoms with E-state index in [0.717, 1.165) is 17.1 Å². The number of hydrogen-bond donors (Lipinski definition) is 1. The molecule has 0 unspecified atom stereocenters. The predicted molar refractivity (Wildman–Crippen MR) is 102 cm³/mol. The molecule has 0 bridgehead atoms. The number of hydrogen-bond acceptors (Lipinski definition) is 6. The zero-order valence-corrected chi connectivity index (χ0v) is 15.1. The molecule has 1 aromatic heterocycles. The molecule has 29 heavy (non-hydrogen) atoms. The Bertz CT molecular complexity index is 1030. The number of nitro groups is 1. The highest BCUT2D eigenvalue weighted by atomic mass is 19.1. The lowest BCUT2D eigenvalue weighted by molar-refractivity contribution is -0.385. The second-order valence-electron chi connectivity index (χ2n) is 5.90. The minimum Gasteiger partial charge on any atom is -0.489 e. The maximum absolute atomic E-state index is 13.6. The summed E-state index contributed by atoms with van der Waals surface area (Å²) >= 11 is 0. The van der Waals surface area contributed by atoms with Crippen LogP contribution in [0.15, 0.2) is 66.0 Å². The average molecular weight is 397 g/mol. The van der Waals surface area contributed by atoms with Gasteiger partial charge >= 0.3 is 5.69 Å². The van der Waals surface area contributed by atoms with Crippen molar-refractivity contribution in [3.8, 4) is 5.75 Å². The molecule has 2 aromatic carbocycles. The van der Waals surface area contributed by atoms with Crippen molar-refractivity contribution in [2.45, 2.75) is 13.2 Å². The Hall–Kier alpha value is -4.08. The van der Waals surface area contributed by atoms with Gasteiger partial charge in [-0.15, -0.1) is 0 Å². The molecule has 148 valence electrons. The number of aromatic nitrogens is 2. The van der Waals surface area contributed by atoms with E-state index in [1.54, 1.807) is 42.5 Å². The van der Waals surface area contributed by atoms with Crippen LogP contribution in [0.1, 0.15) is 11.1 Å². The van der Waals surface area contributed by atoms with Gasteiger partial charge in [0.05, 0.1) is 11.1 Å². The first-order chi connectivity index (χ1) is 14.0. The molecular weight excluding hydrogens is 381 g/mol. The summed E-state index contributed by atoms with van der Waals surface area (Å²) in [7, 11) is 0. The van der Waals surface area contributed by atoms with E-state index >= 15 is 0 Å². The first-order valence-electron chi connectivity index (χ1n) is 8.46. The summed E-state index contributed by atoms with van der Waals surface area (Å²) in [5.41, 5.74) is 3.28. The monoisotopic (exact) mass is 397 g/mol. The third-order valence-corrected chi connectivity index (χ3v) is 3.77. The fourth-order valence-electron chi connectivity index (χ4n) is 2.32. The van der Waals surface area contributed by atoms with Gasteiger partial charge in [0.15, 0.2) is 0 Å². The van der Waals surface area contributed by atoms with Crippen molar-refractivity contribution < 1.29 is 18.8 Å². The Morgan fingerprint density at radius 3 is 2.72 bits per heavy atom. The van der Waals surface area contributed by atoms with Crippen LogP contribution in [0.4, 0.5) is 10.1 Å². The Labute approximate surface area is 164 Å². The molecule has 0 spiro atoms. The Kier molecular flexibility index (Phi) is 6.25.